The number of nitrogens with one attached hydrogen (secondary N) is 1. The first-order chi connectivity index (χ1) is 9.20. The summed E-state index contributed by atoms with van der Waals surface area (Å²) in [4.78, 5) is 12.9. The van der Waals surface area contributed by atoms with E-state index in [9.17, 15) is 18.0 Å². The highest BCUT2D eigenvalue weighted by atomic mass is 35.5. The largest absolute Gasteiger partial charge is 0.431 e. The van der Waals surface area contributed by atoms with Gasteiger partial charge in [-0.2, -0.15) is 13.2 Å². The van der Waals surface area contributed by atoms with Gasteiger partial charge < -0.3 is 4.98 Å². The van der Waals surface area contributed by atoms with Gasteiger partial charge in [0.15, 0.2) is 0 Å². The van der Waals surface area contributed by atoms with E-state index in [1.54, 1.807) is 4.98 Å². The van der Waals surface area contributed by atoms with Gasteiger partial charge in [-0.1, -0.05) is 34.8 Å². The third kappa shape index (κ3) is 2.95. The summed E-state index contributed by atoms with van der Waals surface area (Å²) in [6, 6.07) is 4.53. The SMILES string of the molecule is O=c1ccc(-c2c(Cl)cc(Cl)cc2Cl)c(C(F)(F)F)[nH]1. The Hall–Kier alpha value is -1.17. The molecule has 0 aliphatic heterocycles. The van der Waals surface area contributed by atoms with Gasteiger partial charge in [0.2, 0.25) is 5.56 Å². The predicted molar refractivity (Wildman–Crippen MR) is 72.5 cm³/mol. The molecule has 0 unspecified atom stereocenters. The molecule has 1 N–H and O–H groups in total. The molecule has 0 aliphatic rings. The Morgan fingerprint density at radius 3 is 2.05 bits per heavy atom. The van der Waals surface area contributed by atoms with E-state index in [0.29, 0.717) is 0 Å². The fourth-order valence-corrected chi connectivity index (χ4v) is 2.73. The number of aromatic amines is 1. The van der Waals surface area contributed by atoms with Gasteiger partial charge in [-0.05, 0) is 18.2 Å². The summed E-state index contributed by atoms with van der Waals surface area (Å²) in [5, 5.41) is 0.113. The fraction of sp³-hybridized carbons (Fsp3) is 0.0833. The lowest BCUT2D eigenvalue weighted by Gasteiger charge is -2.14. The number of aromatic nitrogens is 1. The molecule has 106 valence electrons. The van der Waals surface area contributed by atoms with E-state index in [-0.39, 0.29) is 26.2 Å². The van der Waals surface area contributed by atoms with Crippen molar-refractivity contribution in [3.63, 3.8) is 0 Å². The van der Waals surface area contributed by atoms with Crippen LogP contribution in [0.2, 0.25) is 15.1 Å². The second kappa shape index (κ2) is 5.31. The molecule has 0 amide bonds. The normalized spacial score (nSPS) is 11.7. The molecule has 0 radical (unpaired) electrons. The van der Waals surface area contributed by atoms with Crippen LogP contribution in [0.4, 0.5) is 13.2 Å². The van der Waals surface area contributed by atoms with E-state index < -0.39 is 17.4 Å². The number of pyridine rings is 1. The average Bonchev–Trinajstić information content (AvgIpc) is 2.28. The second-order valence-electron chi connectivity index (χ2n) is 3.85. The summed E-state index contributed by atoms with van der Waals surface area (Å²) in [6.07, 6.45) is -4.75. The molecule has 1 aromatic carbocycles. The van der Waals surface area contributed by atoms with Crippen LogP contribution < -0.4 is 5.56 Å². The Morgan fingerprint density at radius 2 is 1.55 bits per heavy atom. The van der Waals surface area contributed by atoms with Crippen LogP contribution in [0, 0.1) is 0 Å². The molecule has 1 heterocycles. The fourth-order valence-electron chi connectivity index (χ4n) is 1.71. The van der Waals surface area contributed by atoms with Crippen molar-refractivity contribution in [1.29, 1.82) is 0 Å². The summed E-state index contributed by atoms with van der Waals surface area (Å²) in [5.74, 6) is 0. The first-order valence-electron chi connectivity index (χ1n) is 5.15. The Labute approximate surface area is 126 Å². The molecule has 1 aromatic heterocycles. The third-order valence-electron chi connectivity index (χ3n) is 2.48. The zero-order valence-electron chi connectivity index (χ0n) is 9.49. The monoisotopic (exact) mass is 341 g/mol. The lowest BCUT2D eigenvalue weighted by Crippen LogP contribution is -2.17. The maximum atomic E-state index is 13.0. The van der Waals surface area contributed by atoms with Crippen LogP contribution >= 0.6 is 34.8 Å². The molecule has 0 spiro atoms. The van der Waals surface area contributed by atoms with Gasteiger partial charge in [0, 0.05) is 22.2 Å². The molecule has 2 aromatic rings. The highest BCUT2D eigenvalue weighted by Gasteiger charge is 2.36. The Bertz CT molecular complexity index is 702. The summed E-state index contributed by atoms with van der Waals surface area (Å²) in [7, 11) is 0. The van der Waals surface area contributed by atoms with Gasteiger partial charge in [-0.3, -0.25) is 4.79 Å². The number of benzene rings is 1. The average molecular weight is 343 g/mol. The van der Waals surface area contributed by atoms with Gasteiger partial charge in [0.05, 0.1) is 10.0 Å². The topological polar surface area (TPSA) is 32.9 Å². The van der Waals surface area contributed by atoms with Crippen molar-refractivity contribution in [2.45, 2.75) is 6.18 Å². The number of H-pyrrole nitrogens is 1. The zero-order chi connectivity index (χ0) is 15.1. The Balaban J connectivity index is 2.81. The van der Waals surface area contributed by atoms with Gasteiger partial charge in [0.25, 0.3) is 0 Å². The van der Waals surface area contributed by atoms with Crippen molar-refractivity contribution in [3.05, 3.63) is 55.4 Å². The van der Waals surface area contributed by atoms with E-state index in [1.165, 1.54) is 12.1 Å². The summed E-state index contributed by atoms with van der Waals surface area (Å²) in [6.45, 7) is 0. The van der Waals surface area contributed by atoms with Crippen LogP contribution in [0.5, 0.6) is 0 Å². The van der Waals surface area contributed by atoms with Gasteiger partial charge in [-0.25, -0.2) is 0 Å². The lowest BCUT2D eigenvalue weighted by molar-refractivity contribution is -0.140. The number of hydrogen-bond acceptors (Lipinski definition) is 1. The Morgan fingerprint density at radius 1 is 1.00 bits per heavy atom. The van der Waals surface area contributed by atoms with Gasteiger partial charge in [0.1, 0.15) is 5.69 Å². The Kier molecular flexibility index (Phi) is 4.04. The molecule has 0 atom stereocenters. The van der Waals surface area contributed by atoms with Crippen molar-refractivity contribution in [2.75, 3.05) is 0 Å². The van der Waals surface area contributed by atoms with E-state index in [2.05, 4.69) is 0 Å². The minimum atomic E-state index is -4.75. The molecule has 20 heavy (non-hydrogen) atoms. The molecule has 0 bridgehead atoms. The van der Waals surface area contributed by atoms with Crippen LogP contribution in [-0.4, -0.2) is 4.98 Å². The lowest BCUT2D eigenvalue weighted by atomic mass is 10.0. The minimum Gasteiger partial charge on any atom is -0.318 e. The number of alkyl halides is 3. The summed E-state index contributed by atoms with van der Waals surface area (Å²) < 4.78 is 38.9. The smallest absolute Gasteiger partial charge is 0.318 e. The minimum absolute atomic E-state index is 0.0405. The second-order valence-corrected chi connectivity index (χ2v) is 5.10. The molecule has 0 saturated carbocycles. The maximum Gasteiger partial charge on any atom is 0.431 e. The molecular weight excluding hydrogens is 337 g/mol. The van der Waals surface area contributed by atoms with Gasteiger partial charge >= 0.3 is 6.18 Å². The standard InChI is InChI=1S/C12H5Cl3F3NO/c13-5-3-7(14)10(8(15)4-5)6-1-2-9(20)19-11(6)12(16,17)18/h1-4H,(H,19,20). The van der Waals surface area contributed by atoms with E-state index in [0.717, 1.165) is 12.1 Å². The summed E-state index contributed by atoms with van der Waals surface area (Å²) >= 11 is 17.5. The number of rotatable bonds is 1. The number of hydrogen-bond donors (Lipinski definition) is 1. The highest BCUT2D eigenvalue weighted by molar-refractivity contribution is 6.41. The van der Waals surface area contributed by atoms with Crippen LogP contribution in [0.25, 0.3) is 11.1 Å². The number of halogens is 6. The van der Waals surface area contributed by atoms with E-state index >= 15 is 0 Å². The van der Waals surface area contributed by atoms with Gasteiger partial charge in [-0.15, -0.1) is 0 Å². The molecule has 8 heteroatoms. The van der Waals surface area contributed by atoms with Crippen LogP contribution in [0.3, 0.4) is 0 Å². The first kappa shape index (κ1) is 15.2. The zero-order valence-corrected chi connectivity index (χ0v) is 11.8. The maximum absolute atomic E-state index is 13.0. The van der Waals surface area contributed by atoms with Crippen molar-refractivity contribution in [2.24, 2.45) is 0 Å². The van der Waals surface area contributed by atoms with Crippen molar-refractivity contribution in [1.82, 2.24) is 4.98 Å². The molecular formula is C12H5Cl3F3NO. The molecule has 0 fully saturated rings. The molecule has 0 aliphatic carbocycles. The molecule has 2 rings (SSSR count). The highest BCUT2D eigenvalue weighted by Crippen LogP contribution is 2.42. The van der Waals surface area contributed by atoms with Crippen LogP contribution in [0.15, 0.2) is 29.1 Å². The van der Waals surface area contributed by atoms with E-state index in [4.69, 9.17) is 34.8 Å². The van der Waals surface area contributed by atoms with Crippen LogP contribution in [0.1, 0.15) is 5.69 Å². The van der Waals surface area contributed by atoms with E-state index in [1.807, 2.05) is 0 Å². The molecule has 2 nitrogen and oxygen atoms in total. The van der Waals surface area contributed by atoms with Crippen molar-refractivity contribution < 1.29 is 13.2 Å². The quantitative estimate of drug-likeness (QED) is 0.775. The third-order valence-corrected chi connectivity index (χ3v) is 3.29. The predicted octanol–water partition coefficient (Wildman–Crippen LogP) is 5.02. The summed E-state index contributed by atoms with van der Waals surface area (Å²) in [5.41, 5.74) is -2.44. The van der Waals surface area contributed by atoms with Crippen LogP contribution in [-0.2, 0) is 6.18 Å². The first-order valence-corrected chi connectivity index (χ1v) is 6.29. The van der Waals surface area contributed by atoms with Crippen molar-refractivity contribution in [3.8, 4) is 11.1 Å². The molecule has 0 saturated heterocycles. The van der Waals surface area contributed by atoms with Crippen molar-refractivity contribution >= 4 is 34.8 Å².